The number of likely N-dealkylation sites (tertiary alicyclic amines) is 1. The molecule has 5 aromatic rings. The van der Waals surface area contributed by atoms with Gasteiger partial charge in [0.1, 0.15) is 30.1 Å². The Morgan fingerprint density at radius 2 is 1.75 bits per heavy atom. The van der Waals surface area contributed by atoms with Gasteiger partial charge in [-0.05, 0) is 61.2 Å². The van der Waals surface area contributed by atoms with Crippen LogP contribution in [0.3, 0.4) is 0 Å². The number of hydrogen-bond acceptors (Lipinski definition) is 8. The molecule has 1 aliphatic heterocycles. The van der Waals surface area contributed by atoms with Crippen LogP contribution in [0.1, 0.15) is 48.1 Å². The molecule has 1 amide bonds. The number of halogens is 3. The third-order valence-corrected chi connectivity index (χ3v) is 11.2. The summed E-state index contributed by atoms with van der Waals surface area (Å²) in [4.78, 5) is 49.5. The molecule has 2 aliphatic rings. The number of ketones is 2. The third-order valence-electron chi connectivity index (χ3n) is 9.31. The van der Waals surface area contributed by atoms with Crippen molar-refractivity contribution in [2.75, 3.05) is 6.54 Å². The summed E-state index contributed by atoms with van der Waals surface area (Å²) in [6.45, 7) is 2.43. The highest BCUT2D eigenvalue weighted by Crippen LogP contribution is 2.35. The molecule has 0 radical (unpaired) electrons. The lowest BCUT2D eigenvalue weighted by atomic mass is 9.96. The van der Waals surface area contributed by atoms with Gasteiger partial charge in [0.2, 0.25) is 15.9 Å². The van der Waals surface area contributed by atoms with Gasteiger partial charge >= 0.3 is 0 Å². The zero-order valence-corrected chi connectivity index (χ0v) is 29.7. The van der Waals surface area contributed by atoms with Crippen LogP contribution in [-0.4, -0.2) is 75.3 Å². The minimum atomic E-state index is -3.86. The second-order valence-electron chi connectivity index (χ2n) is 13.2. The van der Waals surface area contributed by atoms with Crippen LogP contribution in [0.2, 0.25) is 5.02 Å². The van der Waals surface area contributed by atoms with Crippen LogP contribution in [0.25, 0.3) is 33.2 Å². The van der Waals surface area contributed by atoms with E-state index in [1.807, 2.05) is 0 Å². The van der Waals surface area contributed by atoms with Gasteiger partial charge in [-0.25, -0.2) is 31.9 Å². The first-order valence-corrected chi connectivity index (χ1v) is 18.5. The average Bonchev–Trinajstić information content (AvgIpc) is 3.70. The van der Waals surface area contributed by atoms with E-state index in [2.05, 4.69) is 19.8 Å². The molecule has 1 saturated heterocycles. The Hall–Kier alpha value is -4.92. The molecule has 0 unspecified atom stereocenters. The normalized spacial score (nSPS) is 17.5. The fraction of sp³-hybridized carbons (Fsp3) is 0.297. The molecule has 0 bridgehead atoms. The number of nitrogens with one attached hydrogen (secondary N) is 1. The molecule has 3 heterocycles. The number of sulfonamides is 1. The summed E-state index contributed by atoms with van der Waals surface area (Å²) in [5, 5.41) is 5.03. The fourth-order valence-electron chi connectivity index (χ4n) is 6.46. The van der Waals surface area contributed by atoms with Crippen molar-refractivity contribution in [3.05, 3.63) is 94.9 Å². The van der Waals surface area contributed by atoms with E-state index in [9.17, 15) is 27.2 Å². The third kappa shape index (κ3) is 7.10. The molecule has 3 aromatic carbocycles. The summed E-state index contributed by atoms with van der Waals surface area (Å²) >= 11 is 6.40. The van der Waals surface area contributed by atoms with Gasteiger partial charge in [-0.15, -0.1) is 0 Å². The molecule has 52 heavy (non-hydrogen) atoms. The molecule has 1 aliphatic carbocycles. The fourth-order valence-corrected chi connectivity index (χ4v) is 8.01. The predicted molar refractivity (Wildman–Crippen MR) is 189 cm³/mol. The van der Waals surface area contributed by atoms with Crippen LogP contribution >= 0.6 is 11.6 Å². The summed E-state index contributed by atoms with van der Waals surface area (Å²) in [7, 11) is -3.86. The van der Waals surface area contributed by atoms with Crippen LogP contribution < -0.4 is 4.72 Å². The second kappa shape index (κ2) is 13.9. The largest absolute Gasteiger partial charge is 0.328 e. The van der Waals surface area contributed by atoms with E-state index in [1.165, 1.54) is 48.0 Å². The van der Waals surface area contributed by atoms with E-state index in [-0.39, 0.29) is 63.6 Å². The number of nitrogens with zero attached hydrogens (tertiary/aromatic N) is 5. The summed E-state index contributed by atoms with van der Waals surface area (Å²) in [6, 6.07) is 12.3. The number of Topliss-reactive ketones (excluding diaryl/α,β-unsaturated/α-hetero) is 2. The van der Waals surface area contributed by atoms with Crippen LogP contribution in [0.5, 0.6) is 0 Å². The highest BCUT2D eigenvalue weighted by molar-refractivity contribution is 7.89. The Bertz CT molecular complexity index is 2360. The van der Waals surface area contributed by atoms with Gasteiger partial charge in [0.05, 0.1) is 23.0 Å². The SMILES string of the molecule is CC(=O)c1nn(CC(=O)N2C[C@H](F)C[C@H]2C(=O)Cc2cccc(-c3cc(S(=O)(=O)NC4CC4)ccc3Cl)c2F)c2ccc(-c3cnc(C)nc3)cc12. The van der Waals surface area contributed by atoms with Gasteiger partial charge in [-0.3, -0.25) is 19.1 Å². The maximum Gasteiger partial charge on any atom is 0.245 e. The highest BCUT2D eigenvalue weighted by atomic mass is 35.5. The van der Waals surface area contributed by atoms with Crippen LogP contribution in [0.4, 0.5) is 8.78 Å². The summed E-state index contributed by atoms with van der Waals surface area (Å²) in [6.07, 6.45) is 2.62. The molecular formula is C37H33ClF2N6O5S. The molecule has 1 N–H and O–H groups in total. The van der Waals surface area contributed by atoms with Crippen molar-refractivity contribution in [2.45, 2.75) is 69.2 Å². The van der Waals surface area contributed by atoms with E-state index in [0.717, 1.165) is 28.9 Å². The van der Waals surface area contributed by atoms with Gasteiger partial charge in [-0.2, -0.15) is 5.10 Å². The topological polar surface area (TPSA) is 144 Å². The van der Waals surface area contributed by atoms with Crippen LogP contribution in [0.15, 0.2) is 71.9 Å². The molecule has 7 rings (SSSR count). The zero-order valence-electron chi connectivity index (χ0n) is 28.1. The van der Waals surface area contributed by atoms with E-state index >= 15 is 4.39 Å². The number of benzene rings is 3. The number of carbonyl (C=O) groups excluding carboxylic acids is 3. The van der Waals surface area contributed by atoms with Crippen molar-refractivity contribution in [3.63, 3.8) is 0 Å². The summed E-state index contributed by atoms with van der Waals surface area (Å²) < 4.78 is 60.6. The van der Waals surface area contributed by atoms with Gasteiger partial charge in [0.25, 0.3) is 0 Å². The molecule has 0 spiro atoms. The van der Waals surface area contributed by atoms with E-state index in [0.29, 0.717) is 16.7 Å². The highest BCUT2D eigenvalue weighted by Gasteiger charge is 2.40. The standard InChI is InChI=1S/C37H33ClF2N6O5S/c1-20(47)37-30-12-22(24-16-41-21(2)42-17-24)6-11-32(30)46(43-37)19-35(49)45-18-25(39)14-33(45)34(48)13-23-4-3-5-28(36(23)40)29-15-27(9-10-31(29)38)52(50,51)44-26-7-8-26/h3-6,9-12,15-17,25-26,33,44H,7-8,13-14,18-19H2,1-2H3/t25-,33+/m1/s1. The zero-order chi connectivity index (χ0) is 36.9. The van der Waals surface area contributed by atoms with Crippen molar-refractivity contribution < 1.29 is 31.6 Å². The number of fused-ring (bicyclic) bond motifs is 1. The lowest BCUT2D eigenvalue weighted by Crippen LogP contribution is -2.43. The summed E-state index contributed by atoms with van der Waals surface area (Å²) in [5.41, 5.74) is 2.21. The first-order valence-electron chi connectivity index (χ1n) is 16.7. The Labute approximate surface area is 303 Å². The number of hydrogen-bond donors (Lipinski definition) is 1. The Morgan fingerprint density at radius 3 is 2.46 bits per heavy atom. The molecule has 2 atom stereocenters. The van der Waals surface area contributed by atoms with Gasteiger partial charge in [-0.1, -0.05) is 35.9 Å². The van der Waals surface area contributed by atoms with Gasteiger partial charge in [0.15, 0.2) is 11.6 Å². The molecular weight excluding hydrogens is 714 g/mol. The average molecular weight is 747 g/mol. The summed E-state index contributed by atoms with van der Waals surface area (Å²) in [5.74, 6) is -1.66. The van der Waals surface area contributed by atoms with Gasteiger partial charge < -0.3 is 4.90 Å². The molecule has 11 nitrogen and oxygen atoms in total. The molecule has 1 saturated carbocycles. The lowest BCUT2D eigenvalue weighted by molar-refractivity contribution is -0.138. The molecule has 2 fully saturated rings. The molecule has 15 heteroatoms. The van der Waals surface area contributed by atoms with E-state index in [1.54, 1.807) is 37.5 Å². The quantitative estimate of drug-likeness (QED) is 0.171. The smallest absolute Gasteiger partial charge is 0.245 e. The van der Waals surface area contributed by atoms with Crippen LogP contribution in [0, 0.1) is 12.7 Å². The van der Waals surface area contributed by atoms with Crippen LogP contribution in [-0.2, 0) is 32.6 Å². The maximum absolute atomic E-state index is 16.0. The monoisotopic (exact) mass is 746 g/mol. The van der Waals surface area contributed by atoms with Gasteiger partial charge in [0, 0.05) is 65.3 Å². The molecule has 2 aromatic heterocycles. The number of aromatic nitrogens is 4. The number of rotatable bonds is 11. The van der Waals surface area contributed by atoms with Crippen molar-refractivity contribution in [2.24, 2.45) is 0 Å². The Balaban J connectivity index is 1.12. The minimum Gasteiger partial charge on any atom is -0.328 e. The Kier molecular flexibility index (Phi) is 9.48. The van der Waals surface area contributed by atoms with E-state index < -0.39 is 46.2 Å². The molecule has 268 valence electrons. The van der Waals surface area contributed by atoms with Crippen molar-refractivity contribution in [1.29, 1.82) is 0 Å². The second-order valence-corrected chi connectivity index (χ2v) is 15.3. The van der Waals surface area contributed by atoms with E-state index in [4.69, 9.17) is 11.6 Å². The number of amides is 1. The van der Waals surface area contributed by atoms with Crippen molar-refractivity contribution in [1.82, 2.24) is 29.4 Å². The first-order chi connectivity index (χ1) is 24.8. The van der Waals surface area contributed by atoms with Crippen molar-refractivity contribution in [3.8, 4) is 22.3 Å². The first kappa shape index (κ1) is 35.5. The Morgan fingerprint density at radius 1 is 1.00 bits per heavy atom. The lowest BCUT2D eigenvalue weighted by Gasteiger charge is -2.24. The number of aryl methyl sites for hydroxylation is 1. The predicted octanol–water partition coefficient (Wildman–Crippen LogP) is 5.66. The number of carbonyl (C=O) groups is 3. The maximum atomic E-state index is 16.0. The minimum absolute atomic E-state index is 0.00797. The number of alkyl halides is 1. The van der Waals surface area contributed by atoms with Crippen molar-refractivity contribution >= 4 is 50.0 Å².